The fourth-order valence-corrected chi connectivity index (χ4v) is 3.20. The molecule has 0 N–H and O–H groups in total. The van der Waals surface area contributed by atoms with Crippen LogP contribution >= 0.6 is 11.6 Å². The van der Waals surface area contributed by atoms with Gasteiger partial charge in [0.1, 0.15) is 0 Å². The van der Waals surface area contributed by atoms with Crippen molar-refractivity contribution in [1.29, 1.82) is 0 Å². The SMILES string of the molecule is O=C(c1ccc(Cl)cc1)C(C(=O)N1CCCCC1)n1ccccc1=O. The Kier molecular flexibility index (Phi) is 5.34. The number of rotatable bonds is 4. The van der Waals surface area contributed by atoms with Gasteiger partial charge < -0.3 is 4.90 Å². The highest BCUT2D eigenvalue weighted by atomic mass is 35.5. The van der Waals surface area contributed by atoms with Gasteiger partial charge in [-0.1, -0.05) is 17.7 Å². The average Bonchev–Trinajstić information content (AvgIpc) is 2.64. The molecule has 0 bridgehead atoms. The maximum atomic E-state index is 13.1. The monoisotopic (exact) mass is 358 g/mol. The molecule has 1 fully saturated rings. The first-order chi connectivity index (χ1) is 12.1. The van der Waals surface area contributed by atoms with Gasteiger partial charge in [0.15, 0.2) is 11.8 Å². The Balaban J connectivity index is 2.00. The van der Waals surface area contributed by atoms with E-state index < -0.39 is 11.8 Å². The van der Waals surface area contributed by atoms with Crippen LogP contribution in [0.3, 0.4) is 0 Å². The number of amides is 1. The molecule has 1 aromatic carbocycles. The second-order valence-corrected chi connectivity index (χ2v) is 6.54. The summed E-state index contributed by atoms with van der Waals surface area (Å²) in [5.74, 6) is -0.728. The van der Waals surface area contributed by atoms with E-state index in [4.69, 9.17) is 11.6 Å². The molecule has 2 aromatic rings. The summed E-state index contributed by atoms with van der Waals surface area (Å²) >= 11 is 5.88. The van der Waals surface area contributed by atoms with E-state index in [1.807, 2.05) is 0 Å². The molecule has 1 atom stereocenters. The number of benzene rings is 1. The first-order valence-corrected chi connectivity index (χ1v) is 8.71. The highest BCUT2D eigenvalue weighted by molar-refractivity contribution is 6.30. The van der Waals surface area contributed by atoms with Crippen molar-refractivity contribution in [2.45, 2.75) is 25.3 Å². The van der Waals surface area contributed by atoms with Crippen molar-refractivity contribution in [3.63, 3.8) is 0 Å². The van der Waals surface area contributed by atoms with Crippen LogP contribution in [-0.2, 0) is 4.79 Å². The normalized spacial score (nSPS) is 15.6. The maximum absolute atomic E-state index is 13.1. The zero-order chi connectivity index (χ0) is 17.8. The number of carbonyl (C=O) groups is 2. The Bertz CT molecular complexity index is 823. The molecule has 2 heterocycles. The maximum Gasteiger partial charge on any atom is 0.253 e. The number of piperidine rings is 1. The third kappa shape index (κ3) is 3.82. The number of nitrogens with zero attached hydrogens (tertiary/aromatic N) is 2. The Labute approximate surface area is 150 Å². The van der Waals surface area contributed by atoms with Crippen LogP contribution in [0.4, 0.5) is 0 Å². The summed E-state index contributed by atoms with van der Waals surface area (Å²) in [6, 6.07) is 9.76. The molecule has 1 amide bonds. The minimum atomic E-state index is -1.19. The van der Waals surface area contributed by atoms with Gasteiger partial charge in [-0.15, -0.1) is 0 Å². The number of pyridine rings is 1. The van der Waals surface area contributed by atoms with Crippen LogP contribution in [0, 0.1) is 0 Å². The summed E-state index contributed by atoms with van der Waals surface area (Å²) in [4.78, 5) is 40.0. The Morgan fingerprint density at radius 1 is 0.960 bits per heavy atom. The Morgan fingerprint density at radius 2 is 1.64 bits per heavy atom. The molecule has 0 radical (unpaired) electrons. The molecule has 1 saturated heterocycles. The van der Waals surface area contributed by atoms with Crippen molar-refractivity contribution >= 4 is 23.3 Å². The van der Waals surface area contributed by atoms with E-state index in [1.54, 1.807) is 41.3 Å². The Morgan fingerprint density at radius 3 is 2.28 bits per heavy atom. The van der Waals surface area contributed by atoms with Gasteiger partial charge >= 0.3 is 0 Å². The average molecular weight is 359 g/mol. The number of carbonyl (C=O) groups excluding carboxylic acids is 2. The molecule has 5 nitrogen and oxygen atoms in total. The van der Waals surface area contributed by atoms with Crippen LogP contribution in [0.5, 0.6) is 0 Å². The quantitative estimate of drug-likeness (QED) is 0.623. The van der Waals surface area contributed by atoms with Gasteiger partial charge in [-0.3, -0.25) is 19.0 Å². The van der Waals surface area contributed by atoms with E-state index in [9.17, 15) is 14.4 Å². The fraction of sp³-hybridized carbons (Fsp3) is 0.316. The third-order valence-electron chi connectivity index (χ3n) is 4.41. The van der Waals surface area contributed by atoms with Gasteiger partial charge in [-0.2, -0.15) is 0 Å². The van der Waals surface area contributed by atoms with E-state index in [1.165, 1.54) is 16.8 Å². The van der Waals surface area contributed by atoms with Crippen LogP contribution in [0.1, 0.15) is 35.7 Å². The smallest absolute Gasteiger partial charge is 0.253 e. The number of hydrogen-bond donors (Lipinski definition) is 0. The minimum absolute atomic E-state index is 0.326. The second kappa shape index (κ2) is 7.66. The van der Waals surface area contributed by atoms with Gasteiger partial charge in [0.25, 0.3) is 11.5 Å². The zero-order valence-electron chi connectivity index (χ0n) is 13.7. The van der Waals surface area contributed by atoms with E-state index >= 15 is 0 Å². The molecule has 3 rings (SSSR count). The van der Waals surface area contributed by atoms with Crippen LogP contribution in [-0.4, -0.2) is 34.2 Å². The number of Topliss-reactive ketones (excluding diaryl/α,β-unsaturated/α-hetero) is 1. The fourth-order valence-electron chi connectivity index (χ4n) is 3.07. The van der Waals surface area contributed by atoms with Crippen LogP contribution in [0.2, 0.25) is 5.02 Å². The zero-order valence-corrected chi connectivity index (χ0v) is 14.5. The molecule has 130 valence electrons. The van der Waals surface area contributed by atoms with Crippen molar-refractivity contribution in [2.24, 2.45) is 0 Å². The first kappa shape index (κ1) is 17.4. The number of hydrogen-bond acceptors (Lipinski definition) is 3. The summed E-state index contributed by atoms with van der Waals surface area (Å²) in [5, 5.41) is 0.507. The minimum Gasteiger partial charge on any atom is -0.340 e. The summed E-state index contributed by atoms with van der Waals surface area (Å²) in [5.41, 5.74) is -0.0179. The third-order valence-corrected chi connectivity index (χ3v) is 4.66. The molecule has 1 unspecified atom stereocenters. The van der Waals surface area contributed by atoms with Gasteiger partial charge in [0.2, 0.25) is 0 Å². The van der Waals surface area contributed by atoms with Gasteiger partial charge in [0, 0.05) is 35.9 Å². The van der Waals surface area contributed by atoms with E-state index in [0.29, 0.717) is 23.7 Å². The molecule has 0 spiro atoms. The number of halogens is 1. The van der Waals surface area contributed by atoms with E-state index in [0.717, 1.165) is 19.3 Å². The lowest BCUT2D eigenvalue weighted by atomic mass is 10.0. The predicted octanol–water partition coefficient (Wildman–Crippen LogP) is 2.94. The standard InChI is InChI=1S/C19H19ClN2O3/c20-15-9-7-14(8-10-15)18(24)17(22-13-5-2-6-16(22)23)19(25)21-11-3-1-4-12-21/h2,5-10,13,17H,1,3-4,11-12H2. The molecular weight excluding hydrogens is 340 g/mol. The van der Waals surface area contributed by atoms with Crippen LogP contribution < -0.4 is 5.56 Å². The van der Waals surface area contributed by atoms with Crippen LogP contribution in [0.15, 0.2) is 53.5 Å². The first-order valence-electron chi connectivity index (χ1n) is 8.33. The molecule has 0 saturated carbocycles. The topological polar surface area (TPSA) is 59.4 Å². The lowest BCUT2D eigenvalue weighted by Crippen LogP contribution is -2.45. The highest BCUT2D eigenvalue weighted by Gasteiger charge is 2.33. The van der Waals surface area contributed by atoms with Crippen molar-refractivity contribution in [1.82, 2.24) is 9.47 Å². The Hall–Kier alpha value is -2.40. The molecular formula is C19H19ClN2O3. The largest absolute Gasteiger partial charge is 0.340 e. The van der Waals surface area contributed by atoms with Gasteiger partial charge in [0.05, 0.1) is 0 Å². The lowest BCUT2D eigenvalue weighted by Gasteiger charge is -2.30. The highest BCUT2D eigenvalue weighted by Crippen LogP contribution is 2.20. The summed E-state index contributed by atoms with van der Waals surface area (Å²) in [7, 11) is 0. The number of aromatic nitrogens is 1. The van der Waals surface area contributed by atoms with Crippen molar-refractivity contribution in [3.05, 3.63) is 69.6 Å². The molecule has 1 aromatic heterocycles. The predicted molar refractivity (Wildman–Crippen MR) is 96.0 cm³/mol. The van der Waals surface area contributed by atoms with Crippen LogP contribution in [0.25, 0.3) is 0 Å². The van der Waals surface area contributed by atoms with E-state index in [2.05, 4.69) is 0 Å². The lowest BCUT2D eigenvalue weighted by molar-refractivity contribution is -0.134. The molecule has 25 heavy (non-hydrogen) atoms. The second-order valence-electron chi connectivity index (χ2n) is 6.11. The molecule has 1 aliphatic heterocycles. The van der Waals surface area contributed by atoms with Crippen molar-refractivity contribution in [3.8, 4) is 0 Å². The summed E-state index contributed by atoms with van der Waals surface area (Å²) in [6.45, 7) is 1.23. The van der Waals surface area contributed by atoms with Crippen molar-refractivity contribution < 1.29 is 9.59 Å². The molecule has 1 aliphatic rings. The number of likely N-dealkylation sites (tertiary alicyclic amines) is 1. The number of ketones is 1. The molecule has 6 heteroatoms. The van der Waals surface area contributed by atoms with Gasteiger partial charge in [-0.25, -0.2) is 0 Å². The van der Waals surface area contributed by atoms with E-state index in [-0.39, 0.29) is 11.5 Å². The molecule has 0 aliphatic carbocycles. The summed E-state index contributed by atoms with van der Waals surface area (Å²) in [6.07, 6.45) is 4.39. The summed E-state index contributed by atoms with van der Waals surface area (Å²) < 4.78 is 1.22. The van der Waals surface area contributed by atoms with Gasteiger partial charge in [-0.05, 0) is 49.6 Å². The van der Waals surface area contributed by atoms with Crippen molar-refractivity contribution in [2.75, 3.05) is 13.1 Å².